The van der Waals surface area contributed by atoms with Crippen molar-refractivity contribution in [2.75, 3.05) is 0 Å². The van der Waals surface area contributed by atoms with Crippen molar-refractivity contribution in [1.29, 1.82) is 0 Å². The van der Waals surface area contributed by atoms with Gasteiger partial charge in [0.15, 0.2) is 9.84 Å². The van der Waals surface area contributed by atoms with Crippen LogP contribution in [0.2, 0.25) is 0 Å². The molecule has 7 heteroatoms. The second kappa shape index (κ2) is 7.35. The second-order valence-corrected chi connectivity index (χ2v) is 9.87. The first-order chi connectivity index (χ1) is 15.0. The van der Waals surface area contributed by atoms with Crippen molar-refractivity contribution in [3.05, 3.63) is 105 Å². The Kier molecular flexibility index (Phi) is 4.63. The van der Waals surface area contributed by atoms with Gasteiger partial charge in [0.2, 0.25) is 0 Å². The molecule has 1 heterocycles. The summed E-state index contributed by atoms with van der Waals surface area (Å²) in [6, 6.07) is 20.4. The Morgan fingerprint density at radius 2 is 1.68 bits per heavy atom. The zero-order valence-corrected chi connectivity index (χ0v) is 17.4. The van der Waals surface area contributed by atoms with Crippen molar-refractivity contribution in [2.45, 2.75) is 29.4 Å². The standard InChI is InChI=1S/C24H20N2O4S/c27-23-20-12-3-4-13-21(20)25-24(28)26(23)17-9-6-10-18(15-17)31(29,30)22-14-5-8-16-7-1-2-11-19(16)22/h1-4,6-7,9-13,15,22H,5,8,14H2,(H,25,28). The third kappa shape index (κ3) is 3.21. The van der Waals surface area contributed by atoms with Gasteiger partial charge in [-0.15, -0.1) is 0 Å². The summed E-state index contributed by atoms with van der Waals surface area (Å²) in [7, 11) is -3.70. The van der Waals surface area contributed by atoms with Crippen molar-refractivity contribution in [2.24, 2.45) is 0 Å². The van der Waals surface area contributed by atoms with E-state index in [4.69, 9.17) is 0 Å². The summed E-state index contributed by atoms with van der Waals surface area (Å²) in [6.07, 6.45) is 2.20. The van der Waals surface area contributed by atoms with Crippen LogP contribution in [0.1, 0.15) is 29.2 Å². The average Bonchev–Trinajstić information content (AvgIpc) is 2.79. The first-order valence-electron chi connectivity index (χ1n) is 10.1. The molecule has 0 radical (unpaired) electrons. The molecule has 0 saturated carbocycles. The molecule has 1 atom stereocenters. The number of benzene rings is 3. The summed E-state index contributed by atoms with van der Waals surface area (Å²) in [5, 5.41) is -0.282. The molecule has 0 saturated heterocycles. The van der Waals surface area contributed by atoms with Gasteiger partial charge >= 0.3 is 5.69 Å². The average molecular weight is 433 g/mol. The SMILES string of the molecule is O=c1[nH]c2ccccc2c(=O)n1-c1cccc(S(=O)(=O)C2CCCc3ccccc32)c1. The van der Waals surface area contributed by atoms with E-state index in [2.05, 4.69) is 4.98 Å². The molecule has 31 heavy (non-hydrogen) atoms. The molecule has 1 aliphatic carbocycles. The summed E-state index contributed by atoms with van der Waals surface area (Å²) >= 11 is 0. The number of fused-ring (bicyclic) bond motifs is 2. The molecule has 1 N–H and O–H groups in total. The van der Waals surface area contributed by atoms with Crippen LogP contribution in [-0.2, 0) is 16.3 Å². The van der Waals surface area contributed by atoms with Crippen molar-refractivity contribution in [3.8, 4) is 5.69 Å². The van der Waals surface area contributed by atoms with Crippen molar-refractivity contribution >= 4 is 20.7 Å². The van der Waals surface area contributed by atoms with Crippen LogP contribution in [0.25, 0.3) is 16.6 Å². The molecular weight excluding hydrogens is 412 g/mol. The Balaban J connectivity index is 1.65. The highest BCUT2D eigenvalue weighted by molar-refractivity contribution is 7.91. The number of hydrogen-bond donors (Lipinski definition) is 1. The van der Waals surface area contributed by atoms with Gasteiger partial charge in [0, 0.05) is 0 Å². The van der Waals surface area contributed by atoms with Crippen LogP contribution in [0.3, 0.4) is 0 Å². The van der Waals surface area contributed by atoms with Crippen LogP contribution in [0, 0.1) is 0 Å². The maximum absolute atomic E-state index is 13.5. The van der Waals surface area contributed by atoms with Crippen LogP contribution in [0.4, 0.5) is 0 Å². The number of H-pyrrole nitrogens is 1. The van der Waals surface area contributed by atoms with Gasteiger partial charge in [-0.05, 0) is 60.7 Å². The van der Waals surface area contributed by atoms with Gasteiger partial charge in [-0.3, -0.25) is 4.79 Å². The van der Waals surface area contributed by atoms with Crippen molar-refractivity contribution in [3.63, 3.8) is 0 Å². The predicted molar refractivity (Wildman–Crippen MR) is 119 cm³/mol. The van der Waals surface area contributed by atoms with E-state index < -0.39 is 26.3 Å². The molecular formula is C24H20N2O4S. The Morgan fingerprint density at radius 1 is 0.903 bits per heavy atom. The number of nitrogens with one attached hydrogen (secondary N) is 1. The molecule has 1 unspecified atom stereocenters. The number of hydrogen-bond acceptors (Lipinski definition) is 4. The van der Waals surface area contributed by atoms with E-state index >= 15 is 0 Å². The molecule has 3 aromatic carbocycles. The zero-order valence-electron chi connectivity index (χ0n) is 16.6. The summed E-state index contributed by atoms with van der Waals surface area (Å²) in [5.41, 5.74) is 1.46. The first-order valence-corrected chi connectivity index (χ1v) is 11.7. The highest BCUT2D eigenvalue weighted by atomic mass is 32.2. The normalized spacial score (nSPS) is 16.2. The molecule has 0 spiro atoms. The molecule has 4 aromatic rings. The monoisotopic (exact) mass is 432 g/mol. The second-order valence-electron chi connectivity index (χ2n) is 7.74. The van der Waals surface area contributed by atoms with E-state index in [-0.39, 0.29) is 10.6 Å². The molecule has 1 aromatic heterocycles. The fourth-order valence-corrected chi connectivity index (χ4v) is 6.32. The molecule has 156 valence electrons. The molecule has 0 fully saturated rings. The number of aryl methyl sites for hydroxylation is 1. The maximum Gasteiger partial charge on any atom is 0.333 e. The molecule has 0 bridgehead atoms. The highest BCUT2D eigenvalue weighted by Gasteiger charge is 2.33. The highest BCUT2D eigenvalue weighted by Crippen LogP contribution is 2.39. The van der Waals surface area contributed by atoms with Crippen LogP contribution in [-0.4, -0.2) is 18.0 Å². The number of para-hydroxylation sites is 1. The minimum Gasteiger partial charge on any atom is -0.306 e. The number of nitrogens with zero attached hydrogens (tertiary/aromatic N) is 1. The van der Waals surface area contributed by atoms with E-state index in [9.17, 15) is 18.0 Å². The van der Waals surface area contributed by atoms with Gasteiger partial charge in [0.1, 0.15) is 0 Å². The lowest BCUT2D eigenvalue weighted by atomic mass is 9.91. The summed E-state index contributed by atoms with van der Waals surface area (Å²) in [6.45, 7) is 0. The maximum atomic E-state index is 13.5. The van der Waals surface area contributed by atoms with Crippen LogP contribution >= 0.6 is 0 Å². The minimum atomic E-state index is -3.70. The fraction of sp³-hybridized carbons (Fsp3) is 0.167. The van der Waals surface area contributed by atoms with Gasteiger partial charge < -0.3 is 4.98 Å². The van der Waals surface area contributed by atoms with E-state index in [1.54, 1.807) is 36.4 Å². The third-order valence-electron chi connectivity index (χ3n) is 5.90. The summed E-state index contributed by atoms with van der Waals surface area (Å²) in [5.74, 6) is 0. The van der Waals surface area contributed by atoms with E-state index in [1.807, 2.05) is 24.3 Å². The summed E-state index contributed by atoms with van der Waals surface area (Å²) in [4.78, 5) is 28.4. The number of rotatable bonds is 3. The van der Waals surface area contributed by atoms with Gasteiger partial charge in [-0.1, -0.05) is 42.5 Å². The molecule has 1 aliphatic rings. The van der Waals surface area contributed by atoms with E-state index in [1.165, 1.54) is 12.1 Å². The first kappa shape index (κ1) is 19.5. The third-order valence-corrected chi connectivity index (χ3v) is 8.05. The minimum absolute atomic E-state index is 0.103. The lowest BCUT2D eigenvalue weighted by molar-refractivity contribution is 0.560. The summed E-state index contributed by atoms with van der Waals surface area (Å²) < 4.78 is 28.1. The lowest BCUT2D eigenvalue weighted by Gasteiger charge is -2.25. The Hall–Kier alpha value is -3.45. The van der Waals surface area contributed by atoms with Gasteiger partial charge in [0.25, 0.3) is 5.56 Å². The molecule has 5 rings (SSSR count). The number of sulfone groups is 1. The van der Waals surface area contributed by atoms with Crippen molar-refractivity contribution < 1.29 is 8.42 Å². The number of aromatic amines is 1. The topological polar surface area (TPSA) is 89.0 Å². The number of aromatic nitrogens is 2. The van der Waals surface area contributed by atoms with Crippen LogP contribution in [0.5, 0.6) is 0 Å². The Bertz CT molecular complexity index is 1530. The predicted octanol–water partition coefficient (Wildman–Crippen LogP) is 3.53. The smallest absolute Gasteiger partial charge is 0.306 e. The quantitative estimate of drug-likeness (QED) is 0.536. The van der Waals surface area contributed by atoms with Crippen LogP contribution < -0.4 is 11.2 Å². The zero-order chi connectivity index (χ0) is 21.6. The van der Waals surface area contributed by atoms with E-state index in [0.717, 1.165) is 28.5 Å². The van der Waals surface area contributed by atoms with Gasteiger partial charge in [-0.2, -0.15) is 0 Å². The lowest BCUT2D eigenvalue weighted by Crippen LogP contribution is -2.33. The van der Waals surface area contributed by atoms with Gasteiger partial charge in [-0.25, -0.2) is 17.8 Å². The Morgan fingerprint density at radius 3 is 2.55 bits per heavy atom. The fourth-order valence-electron chi connectivity index (χ4n) is 4.39. The molecule has 6 nitrogen and oxygen atoms in total. The molecule has 0 amide bonds. The molecule has 0 aliphatic heterocycles. The largest absolute Gasteiger partial charge is 0.333 e. The van der Waals surface area contributed by atoms with Crippen molar-refractivity contribution in [1.82, 2.24) is 9.55 Å². The van der Waals surface area contributed by atoms with E-state index in [0.29, 0.717) is 17.3 Å². The Labute approximate surface area is 178 Å². The van der Waals surface area contributed by atoms with Gasteiger partial charge in [0.05, 0.1) is 26.7 Å². The van der Waals surface area contributed by atoms with Crippen LogP contribution in [0.15, 0.2) is 87.3 Å².